The second kappa shape index (κ2) is 16.7. The van der Waals surface area contributed by atoms with E-state index in [1.165, 1.54) is 0 Å². The van der Waals surface area contributed by atoms with E-state index in [-0.39, 0.29) is 34.6 Å². The van der Waals surface area contributed by atoms with Crippen molar-refractivity contribution >= 4 is 23.8 Å². The molecule has 0 aliphatic heterocycles. The maximum Gasteiger partial charge on any atom is 0.407 e. The molecule has 0 radical (unpaired) electrons. The van der Waals surface area contributed by atoms with Crippen molar-refractivity contribution in [3.05, 3.63) is 65.7 Å². The summed E-state index contributed by atoms with van der Waals surface area (Å²) < 4.78 is 11.1. The number of rotatable bonds is 15. The summed E-state index contributed by atoms with van der Waals surface area (Å²) in [6, 6.07) is 15.7. The summed E-state index contributed by atoms with van der Waals surface area (Å²) in [6.07, 6.45) is 11.9. The molecular formula is C44H62N4O6. The van der Waals surface area contributed by atoms with Gasteiger partial charge in [0.25, 0.3) is 0 Å². The Balaban J connectivity index is 1.12. The number of hydrogen-bond donors (Lipinski definition) is 4. The normalized spacial score (nSPS) is 26.9. The van der Waals surface area contributed by atoms with Crippen LogP contribution in [0, 0.1) is 22.2 Å². The van der Waals surface area contributed by atoms with Gasteiger partial charge in [0.2, 0.25) is 17.7 Å². The summed E-state index contributed by atoms with van der Waals surface area (Å²) in [5.74, 6) is 0.852. The van der Waals surface area contributed by atoms with Crippen LogP contribution in [0.3, 0.4) is 0 Å². The van der Waals surface area contributed by atoms with Crippen LogP contribution in [0.1, 0.15) is 116 Å². The fourth-order valence-electron chi connectivity index (χ4n) is 9.41. The molecule has 294 valence electrons. The van der Waals surface area contributed by atoms with Crippen LogP contribution in [0.2, 0.25) is 0 Å². The highest BCUT2D eigenvalue weighted by Gasteiger charge is 2.49. The summed E-state index contributed by atoms with van der Waals surface area (Å²) in [6.45, 7) is 9.24. The van der Waals surface area contributed by atoms with E-state index in [0.717, 1.165) is 93.9 Å². The van der Waals surface area contributed by atoms with Gasteiger partial charge in [-0.25, -0.2) is 4.79 Å². The lowest BCUT2D eigenvalue weighted by Gasteiger charge is -2.53. The van der Waals surface area contributed by atoms with E-state index >= 15 is 0 Å². The van der Waals surface area contributed by atoms with E-state index in [9.17, 15) is 19.2 Å². The average molecular weight is 743 g/mol. The second-order valence-corrected chi connectivity index (χ2v) is 17.9. The second-order valence-electron chi connectivity index (χ2n) is 17.9. The third kappa shape index (κ3) is 9.96. The molecule has 0 saturated heterocycles. The van der Waals surface area contributed by atoms with Gasteiger partial charge < -0.3 is 30.7 Å². The Bertz CT molecular complexity index is 1570. The number of nitrogens with one attached hydrogen (secondary N) is 4. The Labute approximate surface area is 321 Å². The van der Waals surface area contributed by atoms with Gasteiger partial charge >= 0.3 is 6.09 Å². The van der Waals surface area contributed by atoms with Crippen LogP contribution in [-0.4, -0.2) is 61.2 Å². The summed E-state index contributed by atoms with van der Waals surface area (Å²) in [5.41, 5.74) is 0.942. The molecule has 0 unspecified atom stereocenters. The highest BCUT2D eigenvalue weighted by molar-refractivity contribution is 5.93. The molecule has 6 aliphatic rings. The number of alkyl carbamates (subject to hydrolysis) is 1. The third-order valence-electron chi connectivity index (χ3n) is 13.0. The molecule has 10 heteroatoms. The van der Waals surface area contributed by atoms with Gasteiger partial charge in [-0.1, -0.05) is 42.5 Å². The first-order valence-corrected chi connectivity index (χ1v) is 20.4. The summed E-state index contributed by atoms with van der Waals surface area (Å²) >= 11 is 0. The van der Waals surface area contributed by atoms with Crippen LogP contribution < -0.4 is 26.0 Å². The molecular weight excluding hydrogens is 681 g/mol. The molecule has 0 spiro atoms. The van der Waals surface area contributed by atoms with Crippen LogP contribution in [0.15, 0.2) is 54.6 Å². The number of carbonyl (C=O) groups is 4. The monoisotopic (exact) mass is 742 g/mol. The van der Waals surface area contributed by atoms with Gasteiger partial charge in [-0.15, -0.1) is 0 Å². The average Bonchev–Trinajstić information content (AvgIpc) is 3.18. The zero-order valence-electron chi connectivity index (χ0n) is 32.9. The highest BCUT2D eigenvalue weighted by Crippen LogP contribution is 2.56. The van der Waals surface area contributed by atoms with Crippen molar-refractivity contribution in [2.45, 2.75) is 135 Å². The molecule has 2 atom stereocenters. The van der Waals surface area contributed by atoms with Gasteiger partial charge in [0, 0.05) is 31.3 Å². The molecule has 2 aromatic rings. The fraction of sp³-hybridized carbons (Fsp3) is 0.636. The zero-order chi connectivity index (χ0) is 38.4. The molecule has 6 saturated carbocycles. The first-order chi connectivity index (χ1) is 25.8. The topological polar surface area (TPSA) is 135 Å². The van der Waals surface area contributed by atoms with Crippen molar-refractivity contribution in [2.24, 2.45) is 22.2 Å². The SMILES string of the molecule is CCOc1ccc(C[C@@H](NC(=O)C23CCC(CC2)CC3)C(=O)N[C@@H](Cc2ccccc2)C(=O)NCC23CCC(CNC(=O)OC(C)(C)C)(CC2)CC3)cc1. The van der Waals surface area contributed by atoms with Crippen molar-refractivity contribution in [3.63, 3.8) is 0 Å². The smallest absolute Gasteiger partial charge is 0.407 e. The number of hydrogen-bond acceptors (Lipinski definition) is 6. The van der Waals surface area contributed by atoms with E-state index in [4.69, 9.17) is 9.47 Å². The minimum atomic E-state index is -0.840. The van der Waals surface area contributed by atoms with Crippen LogP contribution in [0.4, 0.5) is 4.79 Å². The number of benzene rings is 2. The first-order valence-electron chi connectivity index (χ1n) is 20.4. The summed E-state index contributed by atoms with van der Waals surface area (Å²) in [4.78, 5) is 54.8. The maximum atomic E-state index is 14.3. The Morgan fingerprint density at radius 1 is 0.685 bits per heavy atom. The summed E-state index contributed by atoms with van der Waals surface area (Å²) in [5, 5.41) is 12.6. The number of amides is 4. The molecule has 4 N–H and O–H groups in total. The van der Waals surface area contributed by atoms with Crippen molar-refractivity contribution in [1.82, 2.24) is 21.3 Å². The molecule has 10 nitrogen and oxygen atoms in total. The predicted octanol–water partition coefficient (Wildman–Crippen LogP) is 6.79. The molecule has 0 heterocycles. The molecule has 6 aliphatic carbocycles. The van der Waals surface area contributed by atoms with E-state index in [2.05, 4.69) is 21.3 Å². The van der Waals surface area contributed by atoms with Crippen LogP contribution in [0.25, 0.3) is 0 Å². The van der Waals surface area contributed by atoms with Crippen molar-refractivity contribution < 1.29 is 28.7 Å². The van der Waals surface area contributed by atoms with Crippen LogP contribution in [-0.2, 0) is 32.0 Å². The molecule has 4 bridgehead atoms. The third-order valence-corrected chi connectivity index (χ3v) is 13.0. The van der Waals surface area contributed by atoms with Gasteiger partial charge in [0.15, 0.2) is 0 Å². The molecule has 8 rings (SSSR count). The number of carbonyl (C=O) groups excluding carboxylic acids is 4. The maximum absolute atomic E-state index is 14.3. The molecule has 2 aromatic carbocycles. The molecule has 6 fully saturated rings. The first kappa shape index (κ1) is 39.6. The minimum Gasteiger partial charge on any atom is -0.494 e. The highest BCUT2D eigenvalue weighted by atomic mass is 16.6. The Hall–Kier alpha value is -4.08. The van der Waals surface area contributed by atoms with E-state index in [0.29, 0.717) is 38.5 Å². The quantitative estimate of drug-likeness (QED) is 0.159. The Morgan fingerprint density at radius 3 is 1.74 bits per heavy atom. The van der Waals surface area contributed by atoms with Crippen molar-refractivity contribution in [3.8, 4) is 5.75 Å². The van der Waals surface area contributed by atoms with Gasteiger partial charge in [-0.3, -0.25) is 14.4 Å². The fourth-order valence-corrected chi connectivity index (χ4v) is 9.41. The van der Waals surface area contributed by atoms with Gasteiger partial charge in [-0.05, 0) is 145 Å². The number of fused-ring (bicyclic) bond motifs is 6. The molecule has 4 amide bonds. The lowest BCUT2D eigenvalue weighted by molar-refractivity contribution is -0.140. The van der Waals surface area contributed by atoms with Crippen molar-refractivity contribution in [1.29, 1.82) is 0 Å². The molecule has 54 heavy (non-hydrogen) atoms. The van der Waals surface area contributed by atoms with Gasteiger partial charge in [0.1, 0.15) is 23.4 Å². The largest absolute Gasteiger partial charge is 0.494 e. The standard InChI is InChI=1S/C44H62N4O6/c1-5-53-34-13-11-33(12-14-34)28-36(48-39(51)44-18-15-31(16-19-44)17-20-44)38(50)47-35(27-32-9-7-6-8-10-32)37(49)45-29-42-21-24-43(25-22-42,26-23-42)30-46-40(52)54-41(2,3)4/h6-14,31,35-36H,5,15-30H2,1-4H3,(H,45,49)(H,46,52)(H,47,50)(H,48,51)/t31?,35-,36+,42?,43?,44?/m0/s1. The van der Waals surface area contributed by atoms with E-state index in [1.54, 1.807) is 0 Å². The van der Waals surface area contributed by atoms with E-state index < -0.39 is 23.1 Å². The van der Waals surface area contributed by atoms with E-state index in [1.807, 2.05) is 82.3 Å². The number of ether oxygens (including phenoxy) is 2. The zero-order valence-corrected chi connectivity index (χ0v) is 32.9. The molecule has 0 aromatic heterocycles. The lowest BCUT2D eigenvalue weighted by Crippen LogP contribution is -2.58. The summed E-state index contributed by atoms with van der Waals surface area (Å²) in [7, 11) is 0. The lowest BCUT2D eigenvalue weighted by atomic mass is 9.53. The van der Waals surface area contributed by atoms with Crippen LogP contribution in [0.5, 0.6) is 5.75 Å². The Kier molecular flexibility index (Phi) is 12.3. The van der Waals surface area contributed by atoms with Gasteiger partial charge in [-0.2, -0.15) is 0 Å². The van der Waals surface area contributed by atoms with Gasteiger partial charge in [0.05, 0.1) is 6.61 Å². The van der Waals surface area contributed by atoms with Crippen LogP contribution >= 0.6 is 0 Å². The van der Waals surface area contributed by atoms with Crippen molar-refractivity contribution in [2.75, 3.05) is 19.7 Å². The minimum absolute atomic E-state index is 0.00684. The predicted molar refractivity (Wildman–Crippen MR) is 209 cm³/mol. The Morgan fingerprint density at radius 2 is 1.20 bits per heavy atom.